The summed E-state index contributed by atoms with van der Waals surface area (Å²) in [4.78, 5) is 8.82. The van der Waals surface area contributed by atoms with Crippen molar-refractivity contribution < 1.29 is 0 Å². The largest absolute Gasteiger partial charge is 0.344 e. The quantitative estimate of drug-likeness (QED) is 0.829. The second kappa shape index (κ2) is 5.86. The Kier molecular flexibility index (Phi) is 4.39. The Labute approximate surface area is 118 Å². The van der Waals surface area contributed by atoms with Crippen LogP contribution in [0, 0.1) is 6.92 Å². The molecule has 0 unspecified atom stereocenters. The van der Waals surface area contributed by atoms with Gasteiger partial charge in [-0.2, -0.15) is 0 Å². The number of halogens is 1. The molecule has 0 amide bonds. The lowest BCUT2D eigenvalue weighted by atomic mass is 10.0. The van der Waals surface area contributed by atoms with Crippen LogP contribution in [0.1, 0.15) is 30.5 Å². The van der Waals surface area contributed by atoms with Crippen LogP contribution in [-0.2, 0) is 6.42 Å². The van der Waals surface area contributed by atoms with Crippen LogP contribution in [0.25, 0.3) is 5.78 Å². The maximum atomic E-state index is 6.01. The highest BCUT2D eigenvalue weighted by atomic mass is 35.5. The number of imidazole rings is 1. The van der Waals surface area contributed by atoms with Gasteiger partial charge in [-0.15, -0.1) is 0 Å². The maximum Gasteiger partial charge on any atom is 0.235 e. The second-order valence-corrected chi connectivity index (χ2v) is 5.36. The summed E-state index contributed by atoms with van der Waals surface area (Å²) in [5.74, 6) is 0.691. The molecule has 0 radical (unpaired) electrons. The van der Waals surface area contributed by atoms with Gasteiger partial charge in [-0.25, -0.2) is 9.97 Å². The van der Waals surface area contributed by atoms with Gasteiger partial charge in [-0.1, -0.05) is 18.0 Å². The minimum absolute atomic E-state index is 0. The van der Waals surface area contributed by atoms with Gasteiger partial charge in [-0.3, -0.25) is 4.40 Å². The van der Waals surface area contributed by atoms with E-state index in [4.69, 9.17) is 11.6 Å². The first-order valence-corrected chi connectivity index (χ1v) is 6.84. The van der Waals surface area contributed by atoms with Crippen molar-refractivity contribution in [3.05, 3.63) is 28.8 Å². The van der Waals surface area contributed by atoms with Gasteiger partial charge in [0.1, 0.15) is 5.15 Å². The number of aromatic nitrogens is 3. The van der Waals surface area contributed by atoms with Crippen LogP contribution in [0.3, 0.4) is 0 Å². The summed E-state index contributed by atoms with van der Waals surface area (Å²) < 4.78 is 1.96. The first kappa shape index (κ1) is 14.2. The second-order valence-electron chi connectivity index (χ2n) is 5.01. The molecule has 2 aromatic heterocycles. The Morgan fingerprint density at radius 1 is 1.37 bits per heavy atom. The lowest BCUT2D eigenvalue weighted by Gasteiger charge is -2.22. The van der Waals surface area contributed by atoms with Crippen molar-refractivity contribution >= 4 is 17.4 Å². The number of piperidine rings is 1. The highest BCUT2D eigenvalue weighted by Crippen LogP contribution is 2.16. The van der Waals surface area contributed by atoms with E-state index in [0.717, 1.165) is 24.2 Å². The molecule has 1 aliphatic heterocycles. The third-order valence-corrected chi connectivity index (χ3v) is 3.87. The van der Waals surface area contributed by atoms with Crippen LogP contribution in [0.15, 0.2) is 12.4 Å². The zero-order valence-electron chi connectivity index (χ0n) is 11.2. The Balaban J connectivity index is 0.00000133. The molecule has 6 heteroatoms. The van der Waals surface area contributed by atoms with Crippen LogP contribution in [0.2, 0.25) is 5.15 Å². The molecule has 0 aromatic carbocycles. The fraction of sp³-hybridized carbons (Fsp3) is 0.538. The Hall–Kier alpha value is -1.17. The molecule has 4 N–H and O–H groups in total. The monoisotopic (exact) mass is 281 g/mol. The van der Waals surface area contributed by atoms with Gasteiger partial charge in [0.05, 0.1) is 5.69 Å². The van der Waals surface area contributed by atoms with Crippen LogP contribution < -0.4 is 11.5 Å². The molecule has 1 fully saturated rings. The summed E-state index contributed by atoms with van der Waals surface area (Å²) in [6, 6.07) is 0.556. The molecule has 1 saturated heterocycles. The van der Waals surface area contributed by atoms with Crippen LogP contribution in [0.4, 0.5) is 0 Å². The van der Waals surface area contributed by atoms with E-state index in [1.54, 1.807) is 0 Å². The van der Waals surface area contributed by atoms with Crippen molar-refractivity contribution in [2.24, 2.45) is 0 Å². The van der Waals surface area contributed by atoms with Gasteiger partial charge in [0, 0.05) is 30.4 Å². The standard InChI is InChI=1S/C13H17ClN4.H3N/c1-9-7-18-8-11(16-13(18)17-12(9)14)6-10-4-2-3-5-15-10;/h7-8,10,15H,2-6H2,1H3;1H3/t10-;/m0./s1. The molecule has 3 heterocycles. The highest BCUT2D eigenvalue weighted by molar-refractivity contribution is 6.30. The average molecular weight is 282 g/mol. The van der Waals surface area contributed by atoms with Crippen molar-refractivity contribution in [1.29, 1.82) is 0 Å². The van der Waals surface area contributed by atoms with Gasteiger partial charge in [0.15, 0.2) is 0 Å². The number of rotatable bonds is 2. The fourth-order valence-corrected chi connectivity index (χ4v) is 2.62. The van der Waals surface area contributed by atoms with Crippen LogP contribution >= 0.6 is 11.6 Å². The molecule has 0 bridgehead atoms. The van der Waals surface area contributed by atoms with Crippen molar-refractivity contribution in [2.75, 3.05) is 6.54 Å². The number of nitrogens with zero attached hydrogens (tertiary/aromatic N) is 3. The molecule has 0 saturated carbocycles. The minimum Gasteiger partial charge on any atom is -0.344 e. The Morgan fingerprint density at radius 2 is 2.21 bits per heavy atom. The SMILES string of the molecule is Cc1cn2cc(C[C@@H]3CCCCN3)nc2nc1Cl.N. The average Bonchev–Trinajstić information content (AvgIpc) is 2.72. The summed E-state index contributed by atoms with van der Waals surface area (Å²) in [5, 5.41) is 4.08. The van der Waals surface area contributed by atoms with Gasteiger partial charge in [0.2, 0.25) is 5.78 Å². The first-order chi connectivity index (χ1) is 8.72. The van der Waals surface area contributed by atoms with Gasteiger partial charge < -0.3 is 11.5 Å². The number of nitrogens with one attached hydrogen (secondary N) is 1. The summed E-state index contributed by atoms with van der Waals surface area (Å²) >= 11 is 6.01. The summed E-state index contributed by atoms with van der Waals surface area (Å²) in [5.41, 5.74) is 2.06. The fourth-order valence-electron chi connectivity index (χ4n) is 2.50. The number of hydrogen-bond acceptors (Lipinski definition) is 4. The third-order valence-electron chi connectivity index (χ3n) is 3.49. The topological polar surface area (TPSA) is 77.2 Å². The lowest BCUT2D eigenvalue weighted by molar-refractivity contribution is 0.397. The molecular weight excluding hydrogens is 262 g/mol. The van der Waals surface area contributed by atoms with E-state index in [1.807, 2.05) is 17.5 Å². The molecular formula is C13H20ClN5. The zero-order chi connectivity index (χ0) is 12.5. The Bertz CT molecular complexity index is 520. The molecule has 3 rings (SSSR count). The normalized spacial score (nSPS) is 19.4. The lowest BCUT2D eigenvalue weighted by Crippen LogP contribution is -2.35. The van der Waals surface area contributed by atoms with Gasteiger partial charge in [-0.05, 0) is 26.3 Å². The van der Waals surface area contributed by atoms with E-state index in [-0.39, 0.29) is 6.15 Å². The van der Waals surface area contributed by atoms with E-state index in [1.165, 1.54) is 19.3 Å². The Morgan fingerprint density at radius 3 is 2.95 bits per heavy atom. The number of fused-ring (bicyclic) bond motifs is 1. The predicted molar refractivity (Wildman–Crippen MR) is 77.1 cm³/mol. The summed E-state index contributed by atoms with van der Waals surface area (Å²) in [7, 11) is 0. The third kappa shape index (κ3) is 3.05. The molecule has 0 spiro atoms. The molecule has 5 nitrogen and oxygen atoms in total. The smallest absolute Gasteiger partial charge is 0.235 e. The van der Waals surface area contributed by atoms with E-state index >= 15 is 0 Å². The predicted octanol–water partition coefficient (Wildman–Crippen LogP) is 2.54. The van der Waals surface area contributed by atoms with E-state index in [0.29, 0.717) is 17.0 Å². The molecule has 0 aliphatic carbocycles. The molecule has 104 valence electrons. The molecule has 1 atom stereocenters. The number of aryl methyl sites for hydroxylation is 1. The van der Waals surface area contributed by atoms with Crippen LogP contribution in [-0.4, -0.2) is 27.0 Å². The highest BCUT2D eigenvalue weighted by Gasteiger charge is 2.15. The zero-order valence-corrected chi connectivity index (χ0v) is 12.0. The van der Waals surface area contributed by atoms with E-state index < -0.39 is 0 Å². The molecule has 19 heavy (non-hydrogen) atoms. The molecule has 1 aliphatic rings. The maximum absolute atomic E-state index is 6.01. The minimum atomic E-state index is 0. The van der Waals surface area contributed by atoms with E-state index in [2.05, 4.69) is 21.5 Å². The molecule has 2 aromatic rings. The van der Waals surface area contributed by atoms with E-state index in [9.17, 15) is 0 Å². The van der Waals surface area contributed by atoms with Crippen molar-refractivity contribution in [3.63, 3.8) is 0 Å². The van der Waals surface area contributed by atoms with Crippen LogP contribution in [0.5, 0.6) is 0 Å². The first-order valence-electron chi connectivity index (χ1n) is 6.46. The van der Waals surface area contributed by atoms with Gasteiger partial charge >= 0.3 is 0 Å². The summed E-state index contributed by atoms with van der Waals surface area (Å²) in [6.07, 6.45) is 8.85. The van der Waals surface area contributed by atoms with Crippen molar-refractivity contribution in [1.82, 2.24) is 25.8 Å². The number of hydrogen-bond donors (Lipinski definition) is 2. The van der Waals surface area contributed by atoms with Gasteiger partial charge in [0.25, 0.3) is 0 Å². The summed E-state index contributed by atoms with van der Waals surface area (Å²) in [6.45, 7) is 3.08. The van der Waals surface area contributed by atoms with Crippen molar-refractivity contribution in [2.45, 2.75) is 38.6 Å². The van der Waals surface area contributed by atoms with Crippen molar-refractivity contribution in [3.8, 4) is 0 Å².